The molecule has 0 amide bonds. The summed E-state index contributed by atoms with van der Waals surface area (Å²) in [5, 5.41) is 0. The van der Waals surface area contributed by atoms with Gasteiger partial charge in [0.15, 0.2) is 0 Å². The van der Waals surface area contributed by atoms with Crippen LogP contribution in [0.25, 0.3) is 34.4 Å². The molecule has 2 aliphatic rings. The van der Waals surface area contributed by atoms with Gasteiger partial charge in [0.2, 0.25) is 0 Å². The number of hydrogen-bond acceptors (Lipinski definition) is 2. The minimum absolute atomic E-state index is 0.0726. The quantitative estimate of drug-likeness (QED) is 0.160. The fourth-order valence-electron chi connectivity index (χ4n) is 7.76. The van der Waals surface area contributed by atoms with Gasteiger partial charge >= 0.3 is 273 Å². The second kappa shape index (κ2) is 12.1. The van der Waals surface area contributed by atoms with E-state index in [0.717, 1.165) is 35.5 Å². The molecule has 2 aliphatic carbocycles. The van der Waals surface area contributed by atoms with Crippen LogP contribution in [0.5, 0.6) is 11.5 Å². The number of benzene rings is 4. The van der Waals surface area contributed by atoms with Crippen molar-refractivity contribution in [2.24, 2.45) is 0 Å². The molecule has 0 fully saturated rings. The molecule has 2 nitrogen and oxygen atoms in total. The van der Waals surface area contributed by atoms with Crippen LogP contribution in [0.4, 0.5) is 0 Å². The average Bonchev–Trinajstić information content (AvgIpc) is 3.64. The van der Waals surface area contributed by atoms with Crippen LogP contribution in [-0.2, 0) is 15.6 Å². The molecule has 0 spiro atoms. The van der Waals surface area contributed by atoms with E-state index in [2.05, 4.69) is 112 Å². The third-order valence-corrected chi connectivity index (χ3v) is 61.9. The number of halogens is 2. The molecule has 6 heteroatoms. The van der Waals surface area contributed by atoms with E-state index < -0.39 is 21.5 Å². The van der Waals surface area contributed by atoms with E-state index in [-0.39, 0.29) is 7.25 Å². The van der Waals surface area contributed by atoms with Gasteiger partial charge in [0.05, 0.1) is 0 Å². The molecule has 0 aliphatic heterocycles. The first-order valence-electron chi connectivity index (χ1n) is 15.7. The van der Waals surface area contributed by atoms with Crippen molar-refractivity contribution in [2.45, 2.75) is 47.0 Å². The minimum atomic E-state index is -4.80. The Hall–Kier alpha value is -2.36. The van der Waals surface area contributed by atoms with E-state index in [0.29, 0.717) is 0 Å². The van der Waals surface area contributed by atoms with Gasteiger partial charge in [-0.3, -0.25) is 0 Å². The zero-order valence-corrected chi connectivity index (χ0v) is 31.6. The molecular weight excluding hydrogens is 679 g/mol. The van der Waals surface area contributed by atoms with Gasteiger partial charge in [0.1, 0.15) is 0 Å². The molecule has 6 rings (SSSR count). The van der Waals surface area contributed by atoms with E-state index in [4.69, 9.17) is 26.5 Å². The predicted molar refractivity (Wildman–Crippen MR) is 189 cm³/mol. The van der Waals surface area contributed by atoms with Crippen LogP contribution >= 0.6 is 17.0 Å². The molecule has 0 N–H and O–H groups in total. The predicted octanol–water partition coefficient (Wildman–Crippen LogP) is 11.4. The second-order valence-electron chi connectivity index (χ2n) is 12.5. The molecule has 4 aromatic carbocycles. The maximum atomic E-state index is 8.55. The number of rotatable bonds is 9. The normalized spacial score (nSPS) is 18.2. The summed E-state index contributed by atoms with van der Waals surface area (Å²) in [4.78, 5) is 0. The third-order valence-electron chi connectivity index (χ3n) is 10.1. The van der Waals surface area contributed by atoms with Crippen LogP contribution in [0.3, 0.4) is 0 Å². The van der Waals surface area contributed by atoms with Crippen molar-refractivity contribution in [3.05, 3.63) is 118 Å². The Labute approximate surface area is 271 Å². The van der Waals surface area contributed by atoms with E-state index >= 15 is 0 Å². The molecule has 0 radical (unpaired) electrons. The number of fused-ring (bicyclic) bond motifs is 2. The van der Waals surface area contributed by atoms with Gasteiger partial charge in [0, 0.05) is 0 Å². The summed E-state index contributed by atoms with van der Waals surface area (Å²) >= 11 is -4.80. The molecule has 2 unspecified atom stereocenters. The van der Waals surface area contributed by atoms with Gasteiger partial charge in [-0.25, -0.2) is 0 Å². The maximum absolute atomic E-state index is 8.55. The summed E-state index contributed by atoms with van der Waals surface area (Å²) in [6.07, 6.45) is 6.69. The molecule has 227 valence electrons. The Morgan fingerprint density at radius 3 is 1.41 bits per heavy atom. The van der Waals surface area contributed by atoms with Crippen molar-refractivity contribution in [1.29, 1.82) is 0 Å². The molecule has 0 aromatic heterocycles. The Bertz CT molecular complexity index is 1680. The number of hydrogen-bond donors (Lipinski definition) is 0. The fraction of sp³-hybridized carbons (Fsp3) is 0.263. The Kier molecular flexibility index (Phi) is 8.70. The fourth-order valence-corrected chi connectivity index (χ4v) is 39.6. The molecule has 0 saturated heterocycles. The molecule has 4 aromatic rings. The number of ether oxygens (including phenoxy) is 2. The van der Waals surface area contributed by atoms with Crippen molar-refractivity contribution in [3.63, 3.8) is 0 Å². The van der Waals surface area contributed by atoms with Crippen molar-refractivity contribution in [3.8, 4) is 33.8 Å². The Balaban J connectivity index is 1.57. The zero-order chi connectivity index (χ0) is 31.2. The first-order chi connectivity index (χ1) is 21.2. The molecule has 0 heterocycles. The average molecular weight is 720 g/mol. The van der Waals surface area contributed by atoms with Gasteiger partial charge in [0.25, 0.3) is 0 Å². The first kappa shape index (κ1) is 31.6. The Morgan fingerprint density at radius 1 is 0.636 bits per heavy atom. The molecule has 2 atom stereocenters. The summed E-state index contributed by atoms with van der Waals surface area (Å²) in [6, 6.07) is 30.1. The summed E-state index contributed by atoms with van der Waals surface area (Å²) in [5.74, 6) is 0.0836. The summed E-state index contributed by atoms with van der Waals surface area (Å²) in [7, 11) is 20.5. The number of allylic oxidation sites excluding steroid dienone is 2. The topological polar surface area (TPSA) is 18.5 Å². The van der Waals surface area contributed by atoms with Gasteiger partial charge in [-0.1, -0.05) is 0 Å². The van der Waals surface area contributed by atoms with Gasteiger partial charge in [-0.15, -0.1) is 0 Å². The van der Waals surface area contributed by atoms with Crippen molar-refractivity contribution in [2.75, 3.05) is 14.2 Å². The van der Waals surface area contributed by atoms with Crippen LogP contribution in [0, 0.1) is 0 Å². The SMILES string of the molecule is CCC1=Cc2c(-c3cccc(OC)c3)cccc2[CH]1[Zr]([Cl])([Cl])([CH]1C(CC)=Cc2c(-c3cccc(OC)c3)cccc21)[SiH](C)C. The summed E-state index contributed by atoms with van der Waals surface area (Å²) in [6.45, 7) is 9.36. The Morgan fingerprint density at radius 2 is 1.05 bits per heavy atom. The van der Waals surface area contributed by atoms with E-state index in [1.54, 1.807) is 14.2 Å². The van der Waals surface area contributed by atoms with Crippen LogP contribution in [-0.4, -0.2) is 20.1 Å². The first-order valence-corrected chi connectivity index (χ1v) is 32.0. The van der Waals surface area contributed by atoms with E-state index in [9.17, 15) is 0 Å². The van der Waals surface area contributed by atoms with Crippen LogP contribution in [0.15, 0.2) is 96.1 Å². The molecule has 0 saturated carbocycles. The van der Waals surface area contributed by atoms with Gasteiger partial charge < -0.3 is 0 Å². The third kappa shape index (κ3) is 4.92. The molecule has 0 bridgehead atoms. The second-order valence-corrected chi connectivity index (χ2v) is 55.0. The van der Waals surface area contributed by atoms with Crippen molar-refractivity contribution in [1.82, 2.24) is 0 Å². The van der Waals surface area contributed by atoms with Crippen LogP contribution in [0.2, 0.25) is 13.1 Å². The zero-order valence-electron chi connectivity index (χ0n) is 26.5. The van der Waals surface area contributed by atoms with Crippen molar-refractivity contribution >= 4 is 35.1 Å². The standard InChI is InChI=1S/2C18H17O.C2H7Si.2ClH.Zr/c2*1-3-13-10-14-7-5-9-17(18(14)11-13)15-6-4-8-16(12-15)19-2;1-3-2;;;/h2*4-12H,3H2,1-2H3;3H,1-2H3;2*1H;/q;;;;;+2/p-2. The number of methoxy groups -OCH3 is 2. The van der Waals surface area contributed by atoms with E-state index in [1.807, 2.05) is 12.1 Å². The molecule has 44 heavy (non-hydrogen) atoms. The molecular formula is C38H41Cl2O2SiZr. The van der Waals surface area contributed by atoms with Crippen LogP contribution < -0.4 is 9.47 Å². The van der Waals surface area contributed by atoms with Crippen LogP contribution in [0.1, 0.15) is 56.2 Å². The monoisotopic (exact) mass is 717 g/mol. The van der Waals surface area contributed by atoms with Crippen molar-refractivity contribution < 1.29 is 25.0 Å². The van der Waals surface area contributed by atoms with E-state index in [1.165, 1.54) is 44.5 Å². The summed E-state index contributed by atoms with van der Waals surface area (Å²) < 4.78 is 11.3. The van der Waals surface area contributed by atoms with Gasteiger partial charge in [-0.2, -0.15) is 0 Å². The summed E-state index contributed by atoms with van der Waals surface area (Å²) in [5.41, 5.74) is 12.7. The van der Waals surface area contributed by atoms with Gasteiger partial charge in [-0.05, 0) is 0 Å².